The molecule has 5 aromatic rings. The van der Waals surface area contributed by atoms with E-state index in [9.17, 15) is 4.79 Å². The highest BCUT2D eigenvalue weighted by molar-refractivity contribution is 6.26. The van der Waals surface area contributed by atoms with E-state index in [1.54, 1.807) is 0 Å². The van der Waals surface area contributed by atoms with Crippen molar-refractivity contribution in [1.82, 2.24) is 14.8 Å². The van der Waals surface area contributed by atoms with E-state index in [0.717, 1.165) is 50.5 Å². The Hall–Kier alpha value is -4.25. The number of carbonyl (C=O) groups is 1. The highest BCUT2D eigenvalue weighted by atomic mass is 16.1. The van der Waals surface area contributed by atoms with Gasteiger partial charge in [-0.1, -0.05) is 54.6 Å². The third-order valence-corrected chi connectivity index (χ3v) is 6.32. The minimum Gasteiger partial charge on any atom is -0.378 e. The maximum atomic E-state index is 13.6. The Morgan fingerprint density at radius 3 is 2.15 bits per heavy atom. The van der Waals surface area contributed by atoms with Crippen molar-refractivity contribution >= 4 is 22.5 Å². The fourth-order valence-electron chi connectivity index (χ4n) is 4.72. The smallest absolute Gasteiger partial charge is 0.196 e. The van der Waals surface area contributed by atoms with Gasteiger partial charge in [-0.25, -0.2) is 9.67 Å². The molecule has 0 radical (unpaired) electrons. The molecule has 0 aliphatic heterocycles. The average molecular weight is 431 g/mol. The van der Waals surface area contributed by atoms with Gasteiger partial charge in [-0.2, -0.15) is 5.10 Å². The highest BCUT2D eigenvalue weighted by Crippen LogP contribution is 2.45. The van der Waals surface area contributed by atoms with Crippen LogP contribution >= 0.6 is 0 Å². The van der Waals surface area contributed by atoms with Gasteiger partial charge >= 0.3 is 0 Å². The van der Waals surface area contributed by atoms with Crippen LogP contribution in [0.4, 0.5) is 5.69 Å². The van der Waals surface area contributed by atoms with Crippen molar-refractivity contribution in [2.24, 2.45) is 0 Å². The summed E-state index contributed by atoms with van der Waals surface area (Å²) < 4.78 is 1.88. The molecule has 2 heterocycles. The number of aryl methyl sites for hydroxylation is 1. The van der Waals surface area contributed by atoms with Gasteiger partial charge in [0.05, 0.1) is 28.0 Å². The Morgan fingerprint density at radius 1 is 0.788 bits per heavy atom. The van der Waals surface area contributed by atoms with Crippen LogP contribution in [0.5, 0.6) is 0 Å². The number of pyridine rings is 1. The monoisotopic (exact) mass is 430 g/mol. The molecule has 1 aliphatic carbocycles. The summed E-state index contributed by atoms with van der Waals surface area (Å²) in [6.07, 6.45) is 0. The SMILES string of the molecule is Cc1nn(-c2ccccc2)c2nc3c(c(-c4ccc(N(C)C)cc4)c12)C(=O)c1ccccc1-3. The Labute approximate surface area is 191 Å². The molecule has 3 aromatic carbocycles. The largest absolute Gasteiger partial charge is 0.378 e. The topological polar surface area (TPSA) is 51.0 Å². The van der Waals surface area contributed by atoms with Gasteiger partial charge in [0.1, 0.15) is 0 Å². The predicted molar refractivity (Wildman–Crippen MR) is 132 cm³/mol. The fourth-order valence-corrected chi connectivity index (χ4v) is 4.72. The molecule has 0 unspecified atom stereocenters. The van der Waals surface area contributed by atoms with Gasteiger partial charge in [0, 0.05) is 36.5 Å². The molecule has 0 N–H and O–H groups in total. The summed E-state index contributed by atoms with van der Waals surface area (Å²) in [6, 6.07) is 26.1. The second kappa shape index (κ2) is 7.14. The van der Waals surface area contributed by atoms with Gasteiger partial charge in [-0.05, 0) is 36.8 Å². The van der Waals surface area contributed by atoms with E-state index in [2.05, 4.69) is 29.2 Å². The zero-order chi connectivity index (χ0) is 22.7. The average Bonchev–Trinajstić information content (AvgIpc) is 3.33. The predicted octanol–water partition coefficient (Wildman–Crippen LogP) is 5.67. The van der Waals surface area contributed by atoms with Crippen LogP contribution in [0.15, 0.2) is 78.9 Å². The van der Waals surface area contributed by atoms with Gasteiger partial charge in [-0.3, -0.25) is 4.79 Å². The summed E-state index contributed by atoms with van der Waals surface area (Å²) in [7, 11) is 4.04. The number of benzene rings is 3. The Balaban J connectivity index is 1.73. The van der Waals surface area contributed by atoms with Crippen LogP contribution in [0.25, 0.3) is 39.1 Å². The van der Waals surface area contributed by atoms with Gasteiger partial charge in [0.15, 0.2) is 11.4 Å². The number of ketones is 1. The number of hydrogen-bond donors (Lipinski definition) is 0. The van der Waals surface area contributed by atoms with E-state index < -0.39 is 0 Å². The molecule has 1 aliphatic rings. The Morgan fingerprint density at radius 2 is 1.45 bits per heavy atom. The summed E-state index contributed by atoms with van der Waals surface area (Å²) in [5.41, 5.74) is 8.51. The molecule has 0 amide bonds. The summed E-state index contributed by atoms with van der Waals surface area (Å²) >= 11 is 0. The molecule has 160 valence electrons. The molecule has 0 atom stereocenters. The molecular formula is C28H22N4O. The highest BCUT2D eigenvalue weighted by Gasteiger charge is 2.34. The van der Waals surface area contributed by atoms with Crippen LogP contribution in [0.2, 0.25) is 0 Å². The minimum absolute atomic E-state index is 0.0218. The first-order valence-corrected chi connectivity index (χ1v) is 10.9. The summed E-state index contributed by atoms with van der Waals surface area (Å²) in [5.74, 6) is 0.0218. The zero-order valence-corrected chi connectivity index (χ0v) is 18.7. The van der Waals surface area contributed by atoms with E-state index in [1.165, 1.54) is 0 Å². The minimum atomic E-state index is 0.0218. The number of para-hydroxylation sites is 1. The molecular weight excluding hydrogens is 408 g/mol. The van der Waals surface area contributed by atoms with Crippen LogP contribution in [0.1, 0.15) is 21.6 Å². The first-order valence-electron chi connectivity index (χ1n) is 10.9. The third-order valence-electron chi connectivity index (χ3n) is 6.32. The third kappa shape index (κ3) is 2.82. The molecule has 33 heavy (non-hydrogen) atoms. The lowest BCUT2D eigenvalue weighted by atomic mass is 9.94. The van der Waals surface area contributed by atoms with Crippen molar-refractivity contribution in [2.45, 2.75) is 6.92 Å². The van der Waals surface area contributed by atoms with Crippen molar-refractivity contribution in [2.75, 3.05) is 19.0 Å². The fraction of sp³-hybridized carbons (Fsp3) is 0.107. The molecule has 0 saturated heterocycles. The summed E-state index contributed by atoms with van der Waals surface area (Å²) in [4.78, 5) is 20.7. The molecule has 0 bridgehead atoms. The van der Waals surface area contributed by atoms with Crippen LogP contribution in [-0.2, 0) is 0 Å². The maximum Gasteiger partial charge on any atom is 0.196 e. The van der Waals surface area contributed by atoms with Gasteiger partial charge < -0.3 is 4.90 Å². The Bertz CT molecular complexity index is 1550. The van der Waals surface area contributed by atoms with Crippen molar-refractivity contribution in [3.63, 3.8) is 0 Å². The van der Waals surface area contributed by atoms with E-state index in [0.29, 0.717) is 11.1 Å². The number of hydrogen-bond acceptors (Lipinski definition) is 4. The molecule has 0 spiro atoms. The number of carbonyl (C=O) groups excluding carboxylic acids is 1. The number of aromatic nitrogens is 3. The van der Waals surface area contributed by atoms with Crippen molar-refractivity contribution in [3.8, 4) is 28.1 Å². The number of fused-ring (bicyclic) bond motifs is 4. The van der Waals surface area contributed by atoms with Gasteiger partial charge in [0.2, 0.25) is 0 Å². The molecule has 2 aromatic heterocycles. The van der Waals surface area contributed by atoms with E-state index in [4.69, 9.17) is 10.1 Å². The standard InChI is InChI=1S/C28H22N4O/c1-17-23-24(18-13-15-19(16-14-18)31(2)3)25-26(21-11-7-8-12-22(21)27(25)33)29-28(23)32(30-17)20-9-5-4-6-10-20/h4-16H,1-3H3. The summed E-state index contributed by atoms with van der Waals surface area (Å²) in [5, 5.41) is 5.76. The second-order valence-electron chi connectivity index (χ2n) is 8.56. The quantitative estimate of drug-likeness (QED) is 0.363. The first kappa shape index (κ1) is 19.4. The Kier molecular flexibility index (Phi) is 4.20. The maximum absolute atomic E-state index is 13.6. The summed E-state index contributed by atoms with van der Waals surface area (Å²) in [6.45, 7) is 1.99. The van der Waals surface area contributed by atoms with Crippen LogP contribution in [-0.4, -0.2) is 34.6 Å². The van der Waals surface area contributed by atoms with Crippen molar-refractivity contribution in [1.29, 1.82) is 0 Å². The van der Waals surface area contributed by atoms with Gasteiger partial charge in [0.25, 0.3) is 0 Å². The molecule has 0 saturated carbocycles. The van der Waals surface area contributed by atoms with Crippen molar-refractivity contribution in [3.05, 3.63) is 95.7 Å². The molecule has 5 heteroatoms. The number of anilines is 1. The van der Waals surface area contributed by atoms with Crippen LogP contribution in [0, 0.1) is 6.92 Å². The zero-order valence-electron chi connectivity index (χ0n) is 18.7. The van der Waals surface area contributed by atoms with Gasteiger partial charge in [-0.15, -0.1) is 0 Å². The lowest BCUT2D eigenvalue weighted by Gasteiger charge is -2.15. The number of nitrogens with zero attached hydrogens (tertiary/aromatic N) is 4. The normalized spacial score (nSPS) is 12.2. The van der Waals surface area contributed by atoms with Crippen molar-refractivity contribution < 1.29 is 4.79 Å². The lowest BCUT2D eigenvalue weighted by molar-refractivity contribution is 0.104. The van der Waals surface area contributed by atoms with E-state index in [-0.39, 0.29) is 5.78 Å². The lowest BCUT2D eigenvalue weighted by Crippen LogP contribution is -2.08. The first-order chi connectivity index (χ1) is 16.0. The van der Waals surface area contributed by atoms with E-state index >= 15 is 0 Å². The van der Waals surface area contributed by atoms with E-state index in [1.807, 2.05) is 80.3 Å². The molecule has 5 nitrogen and oxygen atoms in total. The number of rotatable bonds is 3. The van der Waals surface area contributed by atoms with Crippen LogP contribution < -0.4 is 4.90 Å². The van der Waals surface area contributed by atoms with Crippen LogP contribution in [0.3, 0.4) is 0 Å². The molecule has 0 fully saturated rings. The second-order valence-corrected chi connectivity index (χ2v) is 8.56. The molecule has 6 rings (SSSR count).